The number of ether oxygens (including phenoxy) is 1. The lowest BCUT2D eigenvalue weighted by atomic mass is 10.1. The number of nitrogens with two attached hydrogens (primary N) is 1. The molecule has 1 saturated heterocycles. The van der Waals surface area contributed by atoms with Crippen LogP contribution >= 0.6 is 0 Å². The first-order chi connectivity index (χ1) is 9.29. The number of rotatable bonds is 7. The van der Waals surface area contributed by atoms with Crippen LogP contribution in [0.1, 0.15) is 24.8 Å². The maximum absolute atomic E-state index is 5.87. The van der Waals surface area contributed by atoms with Crippen LogP contribution < -0.4 is 10.5 Å². The number of hydrogen-bond donors (Lipinski definition) is 1. The molecule has 1 aromatic rings. The maximum Gasteiger partial charge on any atom is 0.122 e. The minimum absolute atomic E-state index is 0.768. The van der Waals surface area contributed by atoms with Crippen molar-refractivity contribution in [1.29, 1.82) is 0 Å². The van der Waals surface area contributed by atoms with Gasteiger partial charge in [-0.1, -0.05) is 6.08 Å². The zero-order valence-electron chi connectivity index (χ0n) is 11.6. The Morgan fingerprint density at radius 3 is 2.84 bits per heavy atom. The Morgan fingerprint density at radius 1 is 1.32 bits per heavy atom. The van der Waals surface area contributed by atoms with Crippen molar-refractivity contribution in [3.8, 4) is 5.75 Å². The van der Waals surface area contributed by atoms with Crippen molar-refractivity contribution in [2.24, 2.45) is 0 Å². The van der Waals surface area contributed by atoms with Crippen LogP contribution in [-0.4, -0.2) is 31.1 Å². The highest BCUT2D eigenvalue weighted by atomic mass is 16.5. The molecule has 19 heavy (non-hydrogen) atoms. The summed E-state index contributed by atoms with van der Waals surface area (Å²) in [5.41, 5.74) is 7.70. The molecule has 1 aliphatic heterocycles. The standard InChI is InChI=1S/C16H24N2O/c1-2-6-14-13-15(17)7-8-16(14)19-12-5-11-18-9-3-4-10-18/h2,7-8,13H,1,3-6,9-12,17H2. The first kappa shape index (κ1) is 13.9. The van der Waals surface area contributed by atoms with Gasteiger partial charge in [0.1, 0.15) is 5.75 Å². The Hall–Kier alpha value is -1.48. The van der Waals surface area contributed by atoms with Crippen LogP contribution in [0.3, 0.4) is 0 Å². The van der Waals surface area contributed by atoms with Crippen LogP contribution in [0.2, 0.25) is 0 Å². The zero-order valence-corrected chi connectivity index (χ0v) is 11.6. The molecule has 104 valence electrons. The lowest BCUT2D eigenvalue weighted by molar-refractivity contribution is 0.262. The first-order valence-electron chi connectivity index (χ1n) is 7.14. The van der Waals surface area contributed by atoms with E-state index in [4.69, 9.17) is 10.5 Å². The largest absolute Gasteiger partial charge is 0.493 e. The van der Waals surface area contributed by atoms with Gasteiger partial charge in [0, 0.05) is 12.2 Å². The third-order valence-electron chi connectivity index (χ3n) is 3.52. The fraction of sp³-hybridized carbons (Fsp3) is 0.500. The highest BCUT2D eigenvalue weighted by molar-refractivity contribution is 5.48. The number of anilines is 1. The van der Waals surface area contributed by atoms with Crippen molar-refractivity contribution in [3.05, 3.63) is 36.4 Å². The average molecular weight is 260 g/mol. The van der Waals surface area contributed by atoms with Crippen molar-refractivity contribution in [3.63, 3.8) is 0 Å². The summed E-state index contributed by atoms with van der Waals surface area (Å²) < 4.78 is 5.87. The molecule has 0 unspecified atom stereocenters. The van der Waals surface area contributed by atoms with E-state index in [1.54, 1.807) is 0 Å². The Balaban J connectivity index is 1.79. The summed E-state index contributed by atoms with van der Waals surface area (Å²) in [4.78, 5) is 2.51. The molecule has 3 nitrogen and oxygen atoms in total. The lowest BCUT2D eigenvalue weighted by Crippen LogP contribution is -2.22. The van der Waals surface area contributed by atoms with Gasteiger partial charge < -0.3 is 15.4 Å². The Bertz CT molecular complexity index is 411. The molecule has 0 atom stereocenters. The molecule has 1 aromatic carbocycles. The Kier molecular flexibility index (Phi) is 5.28. The van der Waals surface area contributed by atoms with Gasteiger partial charge in [0.25, 0.3) is 0 Å². The predicted octanol–water partition coefficient (Wildman–Crippen LogP) is 2.86. The number of benzene rings is 1. The number of nitrogen functional groups attached to an aromatic ring is 1. The van der Waals surface area contributed by atoms with E-state index in [2.05, 4.69) is 11.5 Å². The summed E-state index contributed by atoms with van der Waals surface area (Å²) in [6.45, 7) is 8.19. The molecule has 2 rings (SSSR count). The van der Waals surface area contributed by atoms with E-state index in [0.29, 0.717) is 0 Å². The van der Waals surface area contributed by atoms with Gasteiger partial charge in [0.15, 0.2) is 0 Å². The molecular weight excluding hydrogens is 236 g/mol. The van der Waals surface area contributed by atoms with Gasteiger partial charge in [-0.25, -0.2) is 0 Å². The van der Waals surface area contributed by atoms with E-state index in [1.165, 1.54) is 25.9 Å². The van der Waals surface area contributed by atoms with Crippen LogP contribution in [0.25, 0.3) is 0 Å². The molecule has 1 aliphatic rings. The highest BCUT2D eigenvalue weighted by Crippen LogP contribution is 2.22. The third-order valence-corrected chi connectivity index (χ3v) is 3.52. The Morgan fingerprint density at radius 2 is 2.11 bits per heavy atom. The summed E-state index contributed by atoms with van der Waals surface area (Å²) in [5.74, 6) is 0.940. The van der Waals surface area contributed by atoms with Gasteiger partial charge in [-0.05, 0) is 62.5 Å². The normalized spacial score (nSPS) is 15.6. The van der Waals surface area contributed by atoms with Gasteiger partial charge in [-0.2, -0.15) is 0 Å². The second-order valence-electron chi connectivity index (χ2n) is 5.11. The van der Waals surface area contributed by atoms with Gasteiger partial charge in [-0.3, -0.25) is 0 Å². The second kappa shape index (κ2) is 7.19. The summed E-state index contributed by atoms with van der Waals surface area (Å²) in [7, 11) is 0. The van der Waals surface area contributed by atoms with Gasteiger partial charge in [0.2, 0.25) is 0 Å². The lowest BCUT2D eigenvalue weighted by Gasteiger charge is -2.15. The molecule has 1 heterocycles. The second-order valence-corrected chi connectivity index (χ2v) is 5.11. The van der Waals surface area contributed by atoms with Gasteiger partial charge in [0.05, 0.1) is 6.61 Å². The first-order valence-corrected chi connectivity index (χ1v) is 7.14. The molecule has 0 radical (unpaired) electrons. The van der Waals surface area contributed by atoms with Gasteiger partial charge in [-0.15, -0.1) is 6.58 Å². The number of likely N-dealkylation sites (tertiary alicyclic amines) is 1. The molecule has 0 saturated carbocycles. The van der Waals surface area contributed by atoms with E-state index in [9.17, 15) is 0 Å². The molecule has 0 amide bonds. The minimum Gasteiger partial charge on any atom is -0.493 e. The molecule has 1 fully saturated rings. The van der Waals surface area contributed by atoms with Crippen LogP contribution in [0.4, 0.5) is 5.69 Å². The van der Waals surface area contributed by atoms with Crippen LogP contribution in [-0.2, 0) is 6.42 Å². The quantitative estimate of drug-likeness (QED) is 0.465. The van der Waals surface area contributed by atoms with Crippen molar-refractivity contribution in [1.82, 2.24) is 4.90 Å². The summed E-state index contributed by atoms with van der Waals surface area (Å²) >= 11 is 0. The zero-order chi connectivity index (χ0) is 13.5. The molecule has 3 heteroatoms. The van der Waals surface area contributed by atoms with Crippen LogP contribution in [0, 0.1) is 0 Å². The Labute approximate surface area is 116 Å². The summed E-state index contributed by atoms with van der Waals surface area (Å²) in [6.07, 6.45) is 6.46. The summed E-state index contributed by atoms with van der Waals surface area (Å²) in [5, 5.41) is 0. The monoisotopic (exact) mass is 260 g/mol. The highest BCUT2D eigenvalue weighted by Gasteiger charge is 2.10. The molecule has 0 aromatic heterocycles. The molecule has 2 N–H and O–H groups in total. The third kappa shape index (κ3) is 4.28. The van der Waals surface area contributed by atoms with Crippen molar-refractivity contribution >= 4 is 5.69 Å². The van der Waals surface area contributed by atoms with E-state index >= 15 is 0 Å². The number of allylic oxidation sites excluding steroid dienone is 1. The fourth-order valence-electron chi connectivity index (χ4n) is 2.53. The number of hydrogen-bond acceptors (Lipinski definition) is 3. The van der Waals surface area contributed by atoms with Gasteiger partial charge >= 0.3 is 0 Å². The smallest absolute Gasteiger partial charge is 0.122 e. The molecule has 0 aliphatic carbocycles. The van der Waals surface area contributed by atoms with Crippen LogP contribution in [0.15, 0.2) is 30.9 Å². The molecular formula is C16H24N2O. The average Bonchev–Trinajstić information content (AvgIpc) is 2.90. The minimum atomic E-state index is 0.768. The number of nitrogens with zero attached hydrogens (tertiary/aromatic N) is 1. The SMILES string of the molecule is C=CCc1cc(N)ccc1OCCCN1CCCC1. The topological polar surface area (TPSA) is 38.5 Å². The van der Waals surface area contributed by atoms with Crippen LogP contribution in [0.5, 0.6) is 5.75 Å². The van der Waals surface area contributed by atoms with E-state index in [0.717, 1.165) is 43.0 Å². The van der Waals surface area contributed by atoms with E-state index < -0.39 is 0 Å². The fourth-order valence-corrected chi connectivity index (χ4v) is 2.53. The van der Waals surface area contributed by atoms with Crippen molar-refractivity contribution in [2.45, 2.75) is 25.7 Å². The van der Waals surface area contributed by atoms with Crippen molar-refractivity contribution < 1.29 is 4.74 Å². The predicted molar refractivity (Wildman–Crippen MR) is 80.5 cm³/mol. The maximum atomic E-state index is 5.87. The molecule has 0 spiro atoms. The van der Waals surface area contributed by atoms with E-state index in [-0.39, 0.29) is 0 Å². The van der Waals surface area contributed by atoms with Crippen molar-refractivity contribution in [2.75, 3.05) is 32.0 Å². The summed E-state index contributed by atoms with van der Waals surface area (Å²) in [6, 6.07) is 5.82. The molecule has 0 bridgehead atoms. The van der Waals surface area contributed by atoms with E-state index in [1.807, 2.05) is 24.3 Å².